The summed E-state index contributed by atoms with van der Waals surface area (Å²) < 4.78 is 0. The molecule has 0 fully saturated rings. The molecule has 0 saturated heterocycles. The van der Waals surface area contributed by atoms with E-state index in [1.54, 1.807) is 4.90 Å². The van der Waals surface area contributed by atoms with Gasteiger partial charge >= 0.3 is 0 Å². The number of nitrogens with two attached hydrogens (primary N) is 1. The van der Waals surface area contributed by atoms with Crippen molar-refractivity contribution in [2.24, 2.45) is 17.6 Å². The molecule has 6 N–H and O–H groups in total. The number of primary amides is 1. The lowest BCUT2D eigenvalue weighted by Crippen LogP contribution is -2.41. The van der Waals surface area contributed by atoms with Gasteiger partial charge in [0.05, 0.1) is 18.6 Å². The Bertz CT molecular complexity index is 895. The fourth-order valence-electron chi connectivity index (χ4n) is 3.21. The van der Waals surface area contributed by atoms with Gasteiger partial charge in [0.2, 0.25) is 11.8 Å². The second-order valence-corrected chi connectivity index (χ2v) is 10.4. The molecule has 0 radical (unpaired) electrons. The van der Waals surface area contributed by atoms with Crippen LogP contribution >= 0.6 is 0 Å². The van der Waals surface area contributed by atoms with E-state index >= 15 is 0 Å². The highest BCUT2D eigenvalue weighted by molar-refractivity contribution is 6.04. The van der Waals surface area contributed by atoms with Crippen molar-refractivity contribution < 1.29 is 29.4 Å². The SMILES string of the molecule is CC(C)C.CCCN(CCC)C(=O)c1cc(C(N)=O)cc(C(=O)NCC(O)C(O)CC(=O)NCC(C)C)c1. The molecule has 1 aromatic rings. The zero-order chi connectivity index (χ0) is 29.4. The fraction of sp³-hybridized carbons (Fsp3) is 0.643. The molecular formula is C28H48N4O6. The molecule has 2 unspecified atom stereocenters. The number of hydrogen-bond acceptors (Lipinski definition) is 6. The first kappa shape index (κ1) is 35.0. The molecule has 1 aromatic carbocycles. The Labute approximate surface area is 227 Å². The van der Waals surface area contributed by atoms with Gasteiger partial charge in [0.15, 0.2) is 0 Å². The maximum atomic E-state index is 13.0. The number of aliphatic hydroxyl groups excluding tert-OH is 2. The number of nitrogens with one attached hydrogen (secondary N) is 2. The highest BCUT2D eigenvalue weighted by Gasteiger charge is 2.22. The van der Waals surface area contributed by atoms with Crippen molar-refractivity contribution in [2.45, 2.75) is 79.9 Å². The fourth-order valence-corrected chi connectivity index (χ4v) is 3.21. The quantitative estimate of drug-likeness (QED) is 0.245. The van der Waals surface area contributed by atoms with Crippen molar-refractivity contribution in [1.29, 1.82) is 0 Å². The van der Waals surface area contributed by atoms with E-state index in [1.807, 2.05) is 27.7 Å². The van der Waals surface area contributed by atoms with E-state index in [0.717, 1.165) is 18.8 Å². The Balaban J connectivity index is 0.00000318. The number of rotatable bonds is 14. The van der Waals surface area contributed by atoms with Gasteiger partial charge in [-0.3, -0.25) is 19.2 Å². The number of carbonyl (C=O) groups is 4. The smallest absolute Gasteiger partial charge is 0.253 e. The first-order chi connectivity index (χ1) is 17.7. The molecule has 0 aliphatic heterocycles. The van der Waals surface area contributed by atoms with Crippen molar-refractivity contribution >= 4 is 23.6 Å². The van der Waals surface area contributed by atoms with Crippen LogP contribution in [0.15, 0.2) is 18.2 Å². The van der Waals surface area contributed by atoms with Crippen molar-refractivity contribution in [3.63, 3.8) is 0 Å². The zero-order valence-corrected chi connectivity index (χ0v) is 24.0. The maximum absolute atomic E-state index is 13.0. The molecule has 0 heterocycles. The van der Waals surface area contributed by atoms with E-state index in [0.29, 0.717) is 19.6 Å². The van der Waals surface area contributed by atoms with E-state index < -0.39 is 29.9 Å². The summed E-state index contributed by atoms with van der Waals surface area (Å²) in [4.78, 5) is 50.9. The van der Waals surface area contributed by atoms with Crippen LogP contribution in [0.1, 0.15) is 98.8 Å². The Kier molecular flexibility index (Phi) is 16.9. The molecule has 0 aromatic heterocycles. The number of amides is 4. The third kappa shape index (κ3) is 14.1. The molecule has 1 rings (SSSR count). The van der Waals surface area contributed by atoms with Crippen LogP contribution in [-0.4, -0.2) is 77.1 Å². The lowest BCUT2D eigenvalue weighted by Gasteiger charge is -2.22. The van der Waals surface area contributed by atoms with Gasteiger partial charge in [-0.2, -0.15) is 0 Å². The molecule has 0 saturated carbocycles. The molecule has 0 aliphatic carbocycles. The van der Waals surface area contributed by atoms with Crippen LogP contribution in [0.5, 0.6) is 0 Å². The number of aliphatic hydroxyl groups is 2. The molecule has 10 nitrogen and oxygen atoms in total. The average Bonchev–Trinajstić information content (AvgIpc) is 2.84. The molecular weight excluding hydrogens is 488 g/mol. The predicted molar refractivity (Wildman–Crippen MR) is 149 cm³/mol. The van der Waals surface area contributed by atoms with E-state index in [1.165, 1.54) is 18.2 Å². The van der Waals surface area contributed by atoms with E-state index in [-0.39, 0.29) is 41.5 Å². The molecule has 0 spiro atoms. The minimum atomic E-state index is -1.39. The zero-order valence-electron chi connectivity index (χ0n) is 24.0. The Morgan fingerprint density at radius 1 is 0.816 bits per heavy atom. The summed E-state index contributed by atoms with van der Waals surface area (Å²) >= 11 is 0. The first-order valence-corrected chi connectivity index (χ1v) is 13.4. The summed E-state index contributed by atoms with van der Waals surface area (Å²) in [5.74, 6) is -1.10. The molecule has 0 bridgehead atoms. The van der Waals surface area contributed by atoms with Gasteiger partial charge in [0, 0.05) is 42.9 Å². The maximum Gasteiger partial charge on any atom is 0.253 e. The van der Waals surface area contributed by atoms with Gasteiger partial charge in [-0.15, -0.1) is 0 Å². The van der Waals surface area contributed by atoms with Crippen molar-refractivity contribution in [3.05, 3.63) is 34.9 Å². The molecule has 216 valence electrons. The molecule has 2 atom stereocenters. The van der Waals surface area contributed by atoms with E-state index in [4.69, 9.17) is 5.73 Å². The van der Waals surface area contributed by atoms with Gasteiger partial charge < -0.3 is 31.5 Å². The van der Waals surface area contributed by atoms with E-state index in [9.17, 15) is 29.4 Å². The standard InChI is InChI=1S/C24H38N4O6.C4H10/c1-5-7-28(8-6-2)24(34)18-10-16(22(25)32)9-17(11-18)23(33)27-14-20(30)19(29)12-21(31)26-13-15(3)4;1-4(2)3/h9-11,15,19-20,29-30H,5-8,12-14H2,1-4H3,(H2,25,32)(H,26,31)(H,27,33);4H,1-3H3. The summed E-state index contributed by atoms with van der Waals surface area (Å²) in [5, 5.41) is 25.3. The Hall–Kier alpha value is -2.98. The lowest BCUT2D eigenvalue weighted by atomic mass is 10.0. The summed E-state index contributed by atoms with van der Waals surface area (Å²) in [6.45, 7) is 15.4. The third-order valence-corrected chi connectivity index (χ3v) is 5.02. The van der Waals surface area contributed by atoms with Gasteiger partial charge in [-0.1, -0.05) is 48.5 Å². The monoisotopic (exact) mass is 536 g/mol. The number of nitrogens with zero attached hydrogens (tertiary/aromatic N) is 1. The summed E-state index contributed by atoms with van der Waals surface area (Å²) in [7, 11) is 0. The normalized spacial score (nSPS) is 12.3. The van der Waals surface area contributed by atoms with Gasteiger partial charge in [0.1, 0.15) is 0 Å². The van der Waals surface area contributed by atoms with Crippen molar-refractivity contribution in [2.75, 3.05) is 26.2 Å². The minimum Gasteiger partial charge on any atom is -0.390 e. The predicted octanol–water partition coefficient (Wildman–Crippen LogP) is 2.32. The summed E-state index contributed by atoms with van der Waals surface area (Å²) in [6.07, 6.45) is -1.57. The van der Waals surface area contributed by atoms with Crippen LogP contribution in [0.2, 0.25) is 0 Å². The summed E-state index contributed by atoms with van der Waals surface area (Å²) in [5.41, 5.74) is 5.57. The third-order valence-electron chi connectivity index (χ3n) is 5.02. The van der Waals surface area contributed by atoms with E-state index in [2.05, 4.69) is 31.4 Å². The van der Waals surface area contributed by atoms with Gasteiger partial charge in [-0.05, 0) is 42.9 Å². The van der Waals surface area contributed by atoms with Crippen LogP contribution in [0, 0.1) is 11.8 Å². The number of carbonyl (C=O) groups excluding carboxylic acids is 4. The summed E-state index contributed by atoms with van der Waals surface area (Å²) in [6, 6.07) is 3.99. The average molecular weight is 537 g/mol. The molecule has 0 aliphatic rings. The van der Waals surface area contributed by atoms with Crippen molar-refractivity contribution in [3.8, 4) is 0 Å². The minimum absolute atomic E-state index is 0.00588. The first-order valence-electron chi connectivity index (χ1n) is 13.4. The largest absolute Gasteiger partial charge is 0.390 e. The van der Waals surface area contributed by atoms with Crippen LogP contribution in [-0.2, 0) is 4.79 Å². The highest BCUT2D eigenvalue weighted by Crippen LogP contribution is 2.14. The molecule has 4 amide bonds. The number of benzene rings is 1. The Morgan fingerprint density at radius 3 is 1.79 bits per heavy atom. The van der Waals surface area contributed by atoms with Crippen LogP contribution in [0.25, 0.3) is 0 Å². The van der Waals surface area contributed by atoms with Crippen LogP contribution < -0.4 is 16.4 Å². The number of hydrogen-bond donors (Lipinski definition) is 5. The lowest BCUT2D eigenvalue weighted by molar-refractivity contribution is -0.124. The topological polar surface area (TPSA) is 162 Å². The second kappa shape index (κ2) is 18.3. The second-order valence-electron chi connectivity index (χ2n) is 10.4. The van der Waals surface area contributed by atoms with Gasteiger partial charge in [0.25, 0.3) is 11.8 Å². The van der Waals surface area contributed by atoms with Gasteiger partial charge in [-0.25, -0.2) is 0 Å². The molecule has 38 heavy (non-hydrogen) atoms. The van der Waals surface area contributed by atoms with Crippen molar-refractivity contribution in [1.82, 2.24) is 15.5 Å². The Morgan fingerprint density at radius 2 is 1.32 bits per heavy atom. The molecule has 10 heteroatoms. The highest BCUT2D eigenvalue weighted by atomic mass is 16.3. The van der Waals surface area contributed by atoms with Crippen LogP contribution in [0.4, 0.5) is 0 Å². The van der Waals surface area contributed by atoms with Crippen LogP contribution in [0.3, 0.4) is 0 Å².